The summed E-state index contributed by atoms with van der Waals surface area (Å²) in [6.07, 6.45) is 0. The number of halogens is 1. The smallest absolute Gasteiger partial charge is 0.191 e. The van der Waals surface area contributed by atoms with Crippen molar-refractivity contribution in [2.75, 3.05) is 32.8 Å². The molecule has 1 fully saturated rings. The molecule has 0 spiro atoms. The van der Waals surface area contributed by atoms with Crippen molar-refractivity contribution < 1.29 is 9.15 Å². The minimum absolute atomic E-state index is 0. The van der Waals surface area contributed by atoms with Crippen LogP contribution in [0.1, 0.15) is 23.8 Å². The van der Waals surface area contributed by atoms with Gasteiger partial charge in [-0.25, -0.2) is 4.99 Å². The number of furan rings is 1. The van der Waals surface area contributed by atoms with Crippen LogP contribution in [0.4, 0.5) is 0 Å². The van der Waals surface area contributed by atoms with Gasteiger partial charge in [-0.1, -0.05) is 42.5 Å². The van der Waals surface area contributed by atoms with Crippen molar-refractivity contribution in [3.05, 3.63) is 71.5 Å². The molecule has 0 saturated carbocycles. The number of hydrogen-bond acceptors (Lipinski definition) is 4. The molecule has 166 valence electrons. The van der Waals surface area contributed by atoms with Crippen molar-refractivity contribution in [2.24, 2.45) is 4.99 Å². The van der Waals surface area contributed by atoms with Gasteiger partial charge in [0.15, 0.2) is 5.96 Å². The number of ether oxygens (including phenoxy) is 1. The summed E-state index contributed by atoms with van der Waals surface area (Å²) in [5.74, 6) is 1.69. The van der Waals surface area contributed by atoms with E-state index in [-0.39, 0.29) is 24.0 Å². The maximum absolute atomic E-state index is 5.90. The molecule has 3 aromatic rings. The van der Waals surface area contributed by atoms with Crippen LogP contribution >= 0.6 is 24.0 Å². The summed E-state index contributed by atoms with van der Waals surface area (Å²) >= 11 is 0. The lowest BCUT2D eigenvalue weighted by atomic mass is 10.1. The first-order chi connectivity index (χ1) is 14.8. The molecule has 31 heavy (non-hydrogen) atoms. The molecule has 0 atom stereocenters. The van der Waals surface area contributed by atoms with Gasteiger partial charge >= 0.3 is 0 Å². The van der Waals surface area contributed by atoms with Gasteiger partial charge in [-0.15, -0.1) is 24.0 Å². The van der Waals surface area contributed by atoms with Gasteiger partial charge in [-0.3, -0.25) is 4.90 Å². The molecule has 2 aromatic carbocycles. The zero-order chi connectivity index (χ0) is 20.6. The molecule has 0 aliphatic carbocycles. The van der Waals surface area contributed by atoms with Gasteiger partial charge in [0.25, 0.3) is 0 Å². The topological polar surface area (TPSA) is 62.0 Å². The lowest BCUT2D eigenvalue weighted by Gasteiger charge is -2.27. The molecule has 1 aromatic heterocycles. The van der Waals surface area contributed by atoms with Crippen molar-refractivity contribution in [1.82, 2.24) is 15.5 Å². The summed E-state index contributed by atoms with van der Waals surface area (Å²) in [7, 11) is 0. The minimum atomic E-state index is 0. The molecular formula is C24H31IN4O2. The van der Waals surface area contributed by atoms with E-state index in [0.717, 1.165) is 62.1 Å². The number of nitrogens with one attached hydrogen (secondary N) is 2. The Labute approximate surface area is 201 Å². The highest BCUT2D eigenvalue weighted by molar-refractivity contribution is 14.0. The Morgan fingerprint density at radius 2 is 1.74 bits per heavy atom. The summed E-state index contributed by atoms with van der Waals surface area (Å²) in [6, 6.07) is 18.7. The number of hydrogen-bond donors (Lipinski definition) is 2. The Balaban J connectivity index is 0.00000272. The van der Waals surface area contributed by atoms with Crippen LogP contribution in [-0.2, 0) is 24.4 Å². The normalized spacial score (nSPS) is 14.9. The minimum Gasteiger partial charge on any atom is -0.459 e. The van der Waals surface area contributed by atoms with Crippen LogP contribution in [0.3, 0.4) is 0 Å². The second-order valence-corrected chi connectivity index (χ2v) is 7.46. The zero-order valence-corrected chi connectivity index (χ0v) is 20.3. The number of aliphatic imine (C=N–C) groups is 1. The third-order valence-corrected chi connectivity index (χ3v) is 5.27. The second-order valence-electron chi connectivity index (χ2n) is 7.46. The van der Waals surface area contributed by atoms with Crippen LogP contribution in [0.2, 0.25) is 0 Å². The zero-order valence-electron chi connectivity index (χ0n) is 18.0. The molecule has 2 heterocycles. The van der Waals surface area contributed by atoms with E-state index >= 15 is 0 Å². The fourth-order valence-electron chi connectivity index (χ4n) is 3.67. The number of rotatable bonds is 7. The average molecular weight is 534 g/mol. The van der Waals surface area contributed by atoms with Gasteiger partial charge in [0.1, 0.15) is 11.3 Å². The van der Waals surface area contributed by atoms with Gasteiger partial charge in [0.05, 0.1) is 26.3 Å². The van der Waals surface area contributed by atoms with Crippen molar-refractivity contribution in [3.63, 3.8) is 0 Å². The monoisotopic (exact) mass is 534 g/mol. The van der Waals surface area contributed by atoms with Crippen molar-refractivity contribution in [3.8, 4) is 0 Å². The highest BCUT2D eigenvalue weighted by atomic mass is 127. The molecule has 1 saturated heterocycles. The molecule has 0 amide bonds. The van der Waals surface area contributed by atoms with Crippen LogP contribution in [0.5, 0.6) is 0 Å². The molecule has 0 bridgehead atoms. The molecule has 0 radical (unpaired) electrons. The van der Waals surface area contributed by atoms with E-state index in [0.29, 0.717) is 13.1 Å². The molecule has 4 rings (SSSR count). The Hall–Kier alpha value is -2.10. The van der Waals surface area contributed by atoms with Gasteiger partial charge in [-0.2, -0.15) is 0 Å². The number of benzene rings is 2. The number of para-hydroxylation sites is 1. The molecule has 2 N–H and O–H groups in total. The molecule has 6 nitrogen and oxygen atoms in total. The van der Waals surface area contributed by atoms with Gasteiger partial charge < -0.3 is 19.8 Å². The summed E-state index contributed by atoms with van der Waals surface area (Å²) in [5, 5.41) is 7.83. The number of guanidine groups is 1. The van der Waals surface area contributed by atoms with E-state index in [4.69, 9.17) is 14.1 Å². The SMILES string of the molecule is CCNC(=NCc1ccccc1CN1CCOCC1)NCc1cc2ccccc2o1.I. The highest BCUT2D eigenvalue weighted by Gasteiger charge is 2.12. The predicted molar refractivity (Wildman–Crippen MR) is 136 cm³/mol. The molecular weight excluding hydrogens is 503 g/mol. The average Bonchev–Trinajstić information content (AvgIpc) is 3.20. The molecule has 1 aliphatic heterocycles. The maximum atomic E-state index is 5.90. The van der Waals surface area contributed by atoms with E-state index in [1.165, 1.54) is 11.1 Å². The standard InChI is InChI=1S/C24H30N4O2.HI/c1-2-25-24(27-17-22-15-19-7-5-6-10-23(19)30-22)26-16-20-8-3-4-9-21(20)18-28-11-13-29-14-12-28;/h3-10,15H,2,11-14,16-18H2,1H3,(H2,25,26,27);1H. The van der Waals surface area contributed by atoms with E-state index in [1.54, 1.807) is 0 Å². The lowest BCUT2D eigenvalue weighted by Crippen LogP contribution is -2.37. The summed E-state index contributed by atoms with van der Waals surface area (Å²) in [4.78, 5) is 7.26. The van der Waals surface area contributed by atoms with E-state index in [2.05, 4.69) is 58.9 Å². The van der Waals surface area contributed by atoms with Gasteiger partial charge in [0, 0.05) is 31.6 Å². The van der Waals surface area contributed by atoms with Gasteiger partial charge in [0.2, 0.25) is 0 Å². The molecule has 0 unspecified atom stereocenters. The first kappa shape index (κ1) is 23.6. The summed E-state index contributed by atoms with van der Waals surface area (Å²) < 4.78 is 11.4. The third-order valence-electron chi connectivity index (χ3n) is 5.27. The Morgan fingerprint density at radius 1 is 1.00 bits per heavy atom. The van der Waals surface area contributed by atoms with Crippen molar-refractivity contribution >= 4 is 40.9 Å². The van der Waals surface area contributed by atoms with Crippen LogP contribution < -0.4 is 10.6 Å². The number of fused-ring (bicyclic) bond motifs is 1. The summed E-state index contributed by atoms with van der Waals surface area (Å²) in [5.41, 5.74) is 3.49. The maximum Gasteiger partial charge on any atom is 0.191 e. The van der Waals surface area contributed by atoms with E-state index in [1.807, 2.05) is 18.2 Å². The Morgan fingerprint density at radius 3 is 2.52 bits per heavy atom. The van der Waals surface area contributed by atoms with Crippen LogP contribution in [0.15, 0.2) is 64.0 Å². The quantitative estimate of drug-likeness (QED) is 0.271. The molecule has 1 aliphatic rings. The fraction of sp³-hybridized carbons (Fsp3) is 0.375. The number of nitrogens with zero attached hydrogens (tertiary/aromatic N) is 2. The van der Waals surface area contributed by atoms with Gasteiger partial charge in [-0.05, 0) is 30.2 Å². The van der Waals surface area contributed by atoms with Crippen molar-refractivity contribution in [2.45, 2.75) is 26.6 Å². The first-order valence-electron chi connectivity index (χ1n) is 10.7. The third kappa shape index (κ3) is 6.69. The Kier molecular flexibility index (Phi) is 9.17. The Bertz CT molecular complexity index is 949. The predicted octanol–water partition coefficient (Wildman–Crippen LogP) is 4.14. The van der Waals surface area contributed by atoms with Crippen molar-refractivity contribution in [1.29, 1.82) is 0 Å². The molecule has 7 heteroatoms. The lowest BCUT2D eigenvalue weighted by molar-refractivity contribution is 0.0341. The highest BCUT2D eigenvalue weighted by Crippen LogP contribution is 2.18. The van der Waals surface area contributed by atoms with Crippen LogP contribution in [0.25, 0.3) is 11.0 Å². The van der Waals surface area contributed by atoms with E-state index in [9.17, 15) is 0 Å². The second kappa shape index (κ2) is 12.1. The number of morpholine rings is 1. The largest absolute Gasteiger partial charge is 0.459 e. The van der Waals surface area contributed by atoms with Crippen LogP contribution in [0, 0.1) is 0 Å². The first-order valence-corrected chi connectivity index (χ1v) is 10.7. The van der Waals surface area contributed by atoms with E-state index < -0.39 is 0 Å². The fourth-order valence-corrected chi connectivity index (χ4v) is 3.67. The van der Waals surface area contributed by atoms with Crippen LogP contribution in [-0.4, -0.2) is 43.7 Å². The summed E-state index contributed by atoms with van der Waals surface area (Å²) in [6.45, 7) is 8.65.